The van der Waals surface area contributed by atoms with Gasteiger partial charge in [0.05, 0.1) is 0 Å². The van der Waals surface area contributed by atoms with Gasteiger partial charge in [-0.25, -0.2) is 0 Å². The Bertz CT molecular complexity index is 967. The number of rotatable bonds is 2. The summed E-state index contributed by atoms with van der Waals surface area (Å²) >= 11 is 0. The zero-order chi connectivity index (χ0) is 17.0. The van der Waals surface area contributed by atoms with E-state index in [4.69, 9.17) is 0 Å². The summed E-state index contributed by atoms with van der Waals surface area (Å²) in [7, 11) is -0.386. The lowest BCUT2D eigenvalue weighted by atomic mass is 9.99. The van der Waals surface area contributed by atoms with Crippen LogP contribution in [0.4, 0.5) is 0 Å². The van der Waals surface area contributed by atoms with Crippen molar-refractivity contribution in [3.8, 4) is 11.1 Å². The Hall–Kier alpha value is -2.38. The van der Waals surface area contributed by atoms with Gasteiger partial charge in [-0.3, -0.25) is 0 Å². The Morgan fingerprint density at radius 3 is 2.00 bits per heavy atom. The first-order valence-electron chi connectivity index (χ1n) is 9.20. The molecule has 5 rings (SSSR count). The van der Waals surface area contributed by atoms with Crippen LogP contribution in [0.5, 0.6) is 0 Å². The van der Waals surface area contributed by atoms with Gasteiger partial charge in [-0.1, -0.05) is 72.8 Å². The molecule has 0 radical (unpaired) electrons. The Balaban J connectivity index is 1.59. The smallest absolute Gasteiger partial charge is 0.0476 e. The lowest BCUT2D eigenvalue weighted by Gasteiger charge is -2.20. The van der Waals surface area contributed by atoms with E-state index in [1.165, 1.54) is 27.8 Å². The summed E-state index contributed by atoms with van der Waals surface area (Å²) in [5.74, 6) is 0. The molecular formula is C24H22Si. The second kappa shape index (κ2) is 5.57. The largest absolute Gasteiger partial charge is 0.0797 e. The van der Waals surface area contributed by atoms with E-state index < -0.39 is 0 Å². The molecule has 1 heteroatoms. The molecule has 2 aliphatic rings. The Kier molecular flexibility index (Phi) is 3.32. The molecule has 1 atom stereocenters. The quantitative estimate of drug-likeness (QED) is 0.556. The highest BCUT2D eigenvalue weighted by molar-refractivity contribution is 6.43. The van der Waals surface area contributed by atoms with Crippen LogP contribution in [0.15, 0.2) is 66.7 Å². The van der Waals surface area contributed by atoms with Crippen molar-refractivity contribution >= 4 is 15.6 Å². The van der Waals surface area contributed by atoms with Gasteiger partial charge in [0, 0.05) is 9.52 Å². The summed E-state index contributed by atoms with van der Waals surface area (Å²) in [6.45, 7) is 4.52. The van der Waals surface area contributed by atoms with Crippen molar-refractivity contribution in [3.05, 3.63) is 100 Å². The van der Waals surface area contributed by atoms with Crippen LogP contribution in [0.25, 0.3) is 17.2 Å². The zero-order valence-electron chi connectivity index (χ0n) is 14.8. The van der Waals surface area contributed by atoms with E-state index in [-0.39, 0.29) is 9.52 Å². The standard InChI is InChI=1S/C24H22Si/c1-15-11-12-16(2)23-17(15)13-14-22(23)25-24-20-9-5-3-7-18(20)19-8-4-6-10-21(19)24/h3-14,22,24H,25H2,1-2H3. The van der Waals surface area contributed by atoms with Gasteiger partial charge in [0.2, 0.25) is 0 Å². The SMILES string of the molecule is Cc1ccc(C)c2c1C=CC2[SiH2]C1c2ccccc2-c2ccccc21. The van der Waals surface area contributed by atoms with Gasteiger partial charge in [-0.2, -0.15) is 0 Å². The number of allylic oxidation sites excluding steroid dienone is 1. The van der Waals surface area contributed by atoms with E-state index in [2.05, 4.69) is 86.7 Å². The third kappa shape index (κ3) is 2.19. The van der Waals surface area contributed by atoms with E-state index in [1.54, 1.807) is 16.7 Å². The molecule has 0 nitrogen and oxygen atoms in total. The summed E-state index contributed by atoms with van der Waals surface area (Å²) in [6, 6.07) is 22.7. The number of aryl methyl sites for hydroxylation is 2. The molecule has 0 aliphatic heterocycles. The predicted molar refractivity (Wildman–Crippen MR) is 110 cm³/mol. The molecule has 2 aliphatic carbocycles. The number of fused-ring (bicyclic) bond motifs is 4. The topological polar surface area (TPSA) is 0 Å². The summed E-state index contributed by atoms with van der Waals surface area (Å²) in [6.07, 6.45) is 4.86. The van der Waals surface area contributed by atoms with E-state index >= 15 is 0 Å². The average Bonchev–Trinajstić information content (AvgIpc) is 3.20. The Labute approximate surface area is 152 Å². The fourth-order valence-electron chi connectivity index (χ4n) is 4.84. The first-order chi connectivity index (χ1) is 12.2. The molecule has 0 spiro atoms. The van der Waals surface area contributed by atoms with Crippen LogP contribution < -0.4 is 0 Å². The molecule has 1 unspecified atom stereocenters. The van der Waals surface area contributed by atoms with Gasteiger partial charge >= 0.3 is 0 Å². The number of benzene rings is 3. The van der Waals surface area contributed by atoms with Gasteiger partial charge in [0.1, 0.15) is 0 Å². The third-order valence-electron chi connectivity index (χ3n) is 6.04. The molecule has 0 fully saturated rings. The maximum atomic E-state index is 2.49. The van der Waals surface area contributed by atoms with E-state index in [0.29, 0.717) is 11.1 Å². The summed E-state index contributed by atoms with van der Waals surface area (Å²) in [5.41, 5.74) is 13.3. The maximum absolute atomic E-state index is 2.49. The zero-order valence-corrected chi connectivity index (χ0v) is 16.2. The second-order valence-corrected chi connectivity index (χ2v) is 9.62. The average molecular weight is 339 g/mol. The van der Waals surface area contributed by atoms with E-state index in [1.807, 2.05) is 0 Å². The Morgan fingerprint density at radius 2 is 1.32 bits per heavy atom. The first-order valence-corrected chi connectivity index (χ1v) is 10.8. The van der Waals surface area contributed by atoms with Crippen molar-refractivity contribution in [3.63, 3.8) is 0 Å². The minimum absolute atomic E-state index is 0.386. The third-order valence-corrected chi connectivity index (χ3v) is 8.58. The van der Waals surface area contributed by atoms with Gasteiger partial charge in [-0.05, 0) is 69.4 Å². The molecule has 0 aromatic heterocycles. The highest BCUT2D eigenvalue weighted by Crippen LogP contribution is 2.46. The minimum atomic E-state index is -0.386. The van der Waals surface area contributed by atoms with Crippen molar-refractivity contribution < 1.29 is 0 Å². The van der Waals surface area contributed by atoms with Crippen LogP contribution in [-0.2, 0) is 0 Å². The van der Waals surface area contributed by atoms with Gasteiger partial charge < -0.3 is 0 Å². The highest BCUT2D eigenvalue weighted by Gasteiger charge is 2.32. The van der Waals surface area contributed by atoms with E-state index in [0.717, 1.165) is 0 Å². The van der Waals surface area contributed by atoms with E-state index in [9.17, 15) is 0 Å². The second-order valence-electron chi connectivity index (χ2n) is 7.46. The van der Waals surface area contributed by atoms with Crippen molar-refractivity contribution in [1.29, 1.82) is 0 Å². The fraction of sp³-hybridized carbons (Fsp3) is 0.167. The van der Waals surface area contributed by atoms with Crippen LogP contribution in [-0.4, -0.2) is 9.52 Å². The summed E-state index contributed by atoms with van der Waals surface area (Å²) in [4.78, 5) is 0. The van der Waals surface area contributed by atoms with Gasteiger partial charge in [-0.15, -0.1) is 0 Å². The number of hydrogen-bond donors (Lipinski definition) is 0. The van der Waals surface area contributed by atoms with Crippen molar-refractivity contribution in [2.24, 2.45) is 0 Å². The van der Waals surface area contributed by atoms with Crippen LogP contribution >= 0.6 is 0 Å². The molecule has 0 N–H and O–H groups in total. The van der Waals surface area contributed by atoms with Crippen LogP contribution in [0.2, 0.25) is 0 Å². The van der Waals surface area contributed by atoms with Crippen molar-refractivity contribution in [2.75, 3.05) is 0 Å². The summed E-state index contributed by atoms with van der Waals surface area (Å²) in [5, 5.41) is 0. The molecule has 122 valence electrons. The predicted octanol–water partition coefficient (Wildman–Crippen LogP) is 5.31. The van der Waals surface area contributed by atoms with Crippen molar-refractivity contribution in [2.45, 2.75) is 24.9 Å². The minimum Gasteiger partial charge on any atom is -0.0797 e. The molecule has 3 aromatic rings. The molecule has 0 amide bonds. The van der Waals surface area contributed by atoms with Crippen LogP contribution in [0.3, 0.4) is 0 Å². The molecule has 0 heterocycles. The fourth-order valence-corrected chi connectivity index (χ4v) is 7.64. The van der Waals surface area contributed by atoms with Crippen LogP contribution in [0.1, 0.15) is 44.5 Å². The molecule has 25 heavy (non-hydrogen) atoms. The number of hydrogen-bond acceptors (Lipinski definition) is 0. The van der Waals surface area contributed by atoms with Crippen LogP contribution in [0, 0.1) is 13.8 Å². The van der Waals surface area contributed by atoms with Crippen molar-refractivity contribution in [1.82, 2.24) is 0 Å². The molecule has 3 aromatic carbocycles. The first kappa shape index (κ1) is 14.9. The molecule has 0 saturated carbocycles. The lowest BCUT2D eigenvalue weighted by molar-refractivity contribution is 1.09. The lowest BCUT2D eigenvalue weighted by Crippen LogP contribution is -2.15. The molecule has 0 saturated heterocycles. The Morgan fingerprint density at radius 1 is 0.720 bits per heavy atom. The van der Waals surface area contributed by atoms with Gasteiger partial charge in [0.25, 0.3) is 0 Å². The normalized spacial score (nSPS) is 17.9. The maximum Gasteiger partial charge on any atom is 0.0476 e. The summed E-state index contributed by atoms with van der Waals surface area (Å²) < 4.78 is 0. The van der Waals surface area contributed by atoms with Gasteiger partial charge in [0.15, 0.2) is 0 Å². The molecular weight excluding hydrogens is 316 g/mol. The monoisotopic (exact) mass is 338 g/mol. The highest BCUT2D eigenvalue weighted by atomic mass is 28.2. The molecule has 0 bridgehead atoms.